The van der Waals surface area contributed by atoms with Crippen LogP contribution in [0.4, 0.5) is 3.89 Å². The Kier molecular flexibility index (Phi) is 3.38. The minimum atomic E-state index is -0.587. The molecule has 17 heavy (non-hydrogen) atoms. The summed E-state index contributed by atoms with van der Waals surface area (Å²) < 4.78 is 14.2. The van der Waals surface area contributed by atoms with Crippen LogP contribution in [0.2, 0.25) is 0 Å². The molecule has 0 saturated heterocycles. The van der Waals surface area contributed by atoms with Crippen molar-refractivity contribution in [3.63, 3.8) is 0 Å². The summed E-state index contributed by atoms with van der Waals surface area (Å²) in [6, 6.07) is 5.83. The number of hydrogen-bond acceptors (Lipinski definition) is 4. The third-order valence-corrected chi connectivity index (χ3v) is 3.70. The molecule has 3 nitrogen and oxygen atoms in total. The Hall–Kier alpha value is -0.720. The lowest BCUT2D eigenvalue weighted by Crippen LogP contribution is -2.29. The van der Waals surface area contributed by atoms with Gasteiger partial charge in [-0.05, 0) is 26.2 Å². The molecule has 0 aliphatic carbocycles. The molecule has 2 aromatic rings. The van der Waals surface area contributed by atoms with Crippen molar-refractivity contribution in [1.29, 1.82) is 0 Å². The zero-order valence-corrected chi connectivity index (χ0v) is 11.5. The fourth-order valence-corrected chi connectivity index (χ4v) is 2.84. The molecule has 0 saturated carbocycles. The quantitative estimate of drug-likeness (QED) is 0.870. The fraction of sp³-hybridized carbons (Fsp3) is 0.364. The fourth-order valence-electron chi connectivity index (χ4n) is 1.80. The van der Waals surface area contributed by atoms with Gasteiger partial charge in [-0.1, -0.05) is 12.1 Å². The molecule has 0 atom stereocenters. The Morgan fingerprint density at radius 1 is 1.41 bits per heavy atom. The lowest BCUT2D eigenvalue weighted by molar-refractivity contribution is 0.535. The highest BCUT2D eigenvalue weighted by atomic mass is 32.2. The maximum atomic E-state index is 12.9. The largest absolute Gasteiger partial charge is 0.320 e. The topological polar surface area (TPSA) is 43.8 Å². The van der Waals surface area contributed by atoms with Gasteiger partial charge in [-0.25, -0.2) is 0 Å². The number of halogens is 1. The summed E-state index contributed by atoms with van der Waals surface area (Å²) in [7, 11) is 0. The molecule has 2 rings (SSSR count). The summed E-state index contributed by atoms with van der Waals surface area (Å²) in [4.78, 5) is 0.996. The van der Waals surface area contributed by atoms with Crippen molar-refractivity contribution in [3.8, 4) is 0 Å². The number of benzene rings is 1. The van der Waals surface area contributed by atoms with Crippen molar-refractivity contribution in [3.05, 3.63) is 23.9 Å². The van der Waals surface area contributed by atoms with E-state index in [0.29, 0.717) is 5.69 Å². The minimum absolute atomic E-state index is 0.101. The second kappa shape index (κ2) is 4.51. The first-order valence-electron chi connectivity index (χ1n) is 5.13. The molecule has 1 aromatic carbocycles. The highest BCUT2D eigenvalue weighted by Gasteiger charge is 2.24. The Labute approximate surface area is 108 Å². The molecule has 2 N–H and O–H groups in total. The summed E-state index contributed by atoms with van der Waals surface area (Å²) in [5, 5.41) is 5.17. The average molecular weight is 271 g/mol. The van der Waals surface area contributed by atoms with E-state index in [9.17, 15) is 3.89 Å². The van der Waals surface area contributed by atoms with E-state index in [1.54, 1.807) is 11.8 Å². The van der Waals surface area contributed by atoms with Crippen molar-refractivity contribution in [2.45, 2.75) is 24.3 Å². The molecule has 0 fully saturated rings. The average Bonchev–Trinajstić information content (AvgIpc) is 2.67. The number of para-hydroxylation sites is 1. The van der Waals surface area contributed by atoms with Gasteiger partial charge >= 0.3 is 0 Å². The summed E-state index contributed by atoms with van der Waals surface area (Å²) in [5.74, 6) is 0. The Morgan fingerprint density at radius 2 is 2.12 bits per heavy atom. The van der Waals surface area contributed by atoms with Gasteiger partial charge in [0, 0.05) is 10.3 Å². The Balaban J connectivity index is 2.82. The molecular formula is C11H14FN3S2. The van der Waals surface area contributed by atoms with Gasteiger partial charge in [0.2, 0.25) is 0 Å². The van der Waals surface area contributed by atoms with Gasteiger partial charge in [-0.2, -0.15) is 9.19 Å². The van der Waals surface area contributed by atoms with Crippen LogP contribution in [0.5, 0.6) is 0 Å². The Bertz CT molecular complexity index is 545. The molecule has 92 valence electrons. The predicted octanol–water partition coefficient (Wildman–Crippen LogP) is 3.33. The van der Waals surface area contributed by atoms with Crippen LogP contribution in [0, 0.1) is 0 Å². The van der Waals surface area contributed by atoms with Crippen molar-refractivity contribution in [2.75, 3.05) is 6.26 Å². The number of rotatable bonds is 3. The number of aromatic nitrogens is 2. The summed E-state index contributed by atoms with van der Waals surface area (Å²) in [6.45, 7) is 3.74. The van der Waals surface area contributed by atoms with Gasteiger partial charge in [0.05, 0.1) is 16.7 Å². The van der Waals surface area contributed by atoms with Crippen LogP contribution in [0.1, 0.15) is 19.5 Å². The van der Waals surface area contributed by atoms with Crippen LogP contribution in [0.3, 0.4) is 0 Å². The maximum absolute atomic E-state index is 12.9. The minimum Gasteiger partial charge on any atom is -0.320 e. The van der Waals surface area contributed by atoms with Crippen LogP contribution in [-0.2, 0) is 5.54 Å². The molecule has 0 aliphatic rings. The second-order valence-electron chi connectivity index (χ2n) is 4.37. The van der Waals surface area contributed by atoms with Gasteiger partial charge in [-0.15, -0.1) is 15.6 Å². The molecule has 0 spiro atoms. The molecule has 0 radical (unpaired) electrons. The summed E-state index contributed by atoms with van der Waals surface area (Å²) in [6.07, 6.45) is 1.96. The molecular weight excluding hydrogens is 257 g/mol. The highest BCUT2D eigenvalue weighted by Crippen LogP contribution is 2.34. The van der Waals surface area contributed by atoms with Gasteiger partial charge in [0.1, 0.15) is 0 Å². The van der Waals surface area contributed by atoms with Gasteiger partial charge in [-0.3, -0.25) is 0 Å². The SMILES string of the molecule is CSc1cccc2c(C(C)(C)N)nn(SF)c12. The number of nitrogens with two attached hydrogens (primary N) is 1. The molecule has 1 aromatic heterocycles. The third-order valence-electron chi connectivity index (χ3n) is 2.53. The monoisotopic (exact) mass is 271 g/mol. The maximum Gasteiger partial charge on any atom is 0.188 e. The normalized spacial score (nSPS) is 12.3. The molecule has 0 unspecified atom stereocenters. The standard InChI is InChI=1S/C11H14FN3S2/c1-11(2,13)10-7-5-4-6-8(16-3)9(7)15(14-10)17-12/h4-6H,13H2,1-3H3. The van der Waals surface area contributed by atoms with E-state index in [4.69, 9.17) is 5.73 Å². The van der Waals surface area contributed by atoms with Crippen molar-refractivity contribution < 1.29 is 3.89 Å². The summed E-state index contributed by atoms with van der Waals surface area (Å²) >= 11 is 1.67. The number of thioether (sulfide) groups is 1. The van der Waals surface area contributed by atoms with E-state index in [1.165, 1.54) is 4.09 Å². The Morgan fingerprint density at radius 3 is 2.65 bits per heavy atom. The first-order valence-corrected chi connectivity index (χ1v) is 7.03. The van der Waals surface area contributed by atoms with Crippen molar-refractivity contribution >= 4 is 35.0 Å². The zero-order chi connectivity index (χ0) is 12.6. The molecule has 1 heterocycles. The van der Waals surface area contributed by atoms with Gasteiger partial charge < -0.3 is 5.73 Å². The van der Waals surface area contributed by atoms with E-state index in [0.717, 1.165) is 15.8 Å². The third kappa shape index (κ3) is 2.17. The molecule has 0 bridgehead atoms. The zero-order valence-electron chi connectivity index (χ0n) is 9.90. The van der Waals surface area contributed by atoms with E-state index in [2.05, 4.69) is 5.10 Å². The first kappa shape index (κ1) is 12.7. The van der Waals surface area contributed by atoms with E-state index < -0.39 is 5.54 Å². The number of hydrogen-bond donors (Lipinski definition) is 1. The highest BCUT2D eigenvalue weighted by molar-refractivity contribution is 7.99. The predicted molar refractivity (Wildman–Crippen MR) is 72.8 cm³/mol. The number of nitrogens with zero attached hydrogens (tertiary/aromatic N) is 2. The first-order chi connectivity index (χ1) is 7.99. The van der Waals surface area contributed by atoms with E-state index in [1.807, 2.05) is 38.3 Å². The second-order valence-corrected chi connectivity index (χ2v) is 5.70. The van der Waals surface area contributed by atoms with Crippen LogP contribution >= 0.6 is 24.1 Å². The van der Waals surface area contributed by atoms with Crippen LogP contribution in [-0.4, -0.2) is 15.4 Å². The number of fused-ring (bicyclic) bond motifs is 1. The lowest BCUT2D eigenvalue weighted by atomic mass is 9.99. The summed E-state index contributed by atoms with van der Waals surface area (Å²) in [5.41, 5.74) is 6.99. The molecule has 0 amide bonds. The van der Waals surface area contributed by atoms with Crippen LogP contribution in [0.25, 0.3) is 10.9 Å². The molecule has 0 aliphatic heterocycles. The van der Waals surface area contributed by atoms with Crippen LogP contribution < -0.4 is 5.73 Å². The lowest BCUT2D eigenvalue weighted by Gasteiger charge is -2.15. The van der Waals surface area contributed by atoms with Gasteiger partial charge in [0.15, 0.2) is 12.3 Å². The van der Waals surface area contributed by atoms with E-state index >= 15 is 0 Å². The smallest absolute Gasteiger partial charge is 0.188 e. The van der Waals surface area contributed by atoms with Crippen LogP contribution in [0.15, 0.2) is 23.1 Å². The molecule has 6 heteroatoms. The van der Waals surface area contributed by atoms with E-state index in [-0.39, 0.29) is 12.3 Å². The van der Waals surface area contributed by atoms with Gasteiger partial charge in [0.25, 0.3) is 0 Å². The van der Waals surface area contributed by atoms with Crippen molar-refractivity contribution in [1.82, 2.24) is 9.19 Å². The van der Waals surface area contributed by atoms with Crippen molar-refractivity contribution in [2.24, 2.45) is 5.73 Å².